The molecule has 120 valence electrons. The molecule has 1 aromatic rings. The molecular formula is C17H25N3O2. The first-order valence-corrected chi connectivity index (χ1v) is 7.73. The van der Waals surface area contributed by atoms with Crippen LogP contribution in [0.2, 0.25) is 0 Å². The molecule has 1 saturated heterocycles. The van der Waals surface area contributed by atoms with E-state index < -0.39 is 11.7 Å². The van der Waals surface area contributed by atoms with Gasteiger partial charge in [-0.05, 0) is 45.7 Å². The number of rotatable bonds is 3. The van der Waals surface area contributed by atoms with Gasteiger partial charge in [-0.15, -0.1) is 0 Å². The first-order valence-electron chi connectivity index (χ1n) is 7.73. The summed E-state index contributed by atoms with van der Waals surface area (Å²) in [6.45, 7) is 8.25. The Morgan fingerprint density at radius 1 is 1.32 bits per heavy atom. The Labute approximate surface area is 132 Å². The SMILES string of the molecule is CC(C)(C)OC(=O)NN=C1CCCN(Cc2ccccc2)C1. The van der Waals surface area contributed by atoms with Crippen molar-refractivity contribution in [2.45, 2.75) is 45.8 Å². The lowest BCUT2D eigenvalue weighted by atomic mass is 10.1. The van der Waals surface area contributed by atoms with E-state index in [-0.39, 0.29) is 0 Å². The highest BCUT2D eigenvalue weighted by atomic mass is 16.6. The van der Waals surface area contributed by atoms with Crippen molar-refractivity contribution in [3.63, 3.8) is 0 Å². The summed E-state index contributed by atoms with van der Waals surface area (Å²) in [5.41, 5.74) is 4.28. The van der Waals surface area contributed by atoms with Crippen LogP contribution in [0.25, 0.3) is 0 Å². The number of carbonyl (C=O) groups is 1. The second-order valence-electron chi connectivity index (χ2n) is 6.59. The van der Waals surface area contributed by atoms with Crippen LogP contribution in [0.15, 0.2) is 35.4 Å². The van der Waals surface area contributed by atoms with Crippen molar-refractivity contribution in [3.05, 3.63) is 35.9 Å². The normalized spacial score (nSPS) is 18.2. The van der Waals surface area contributed by atoms with Gasteiger partial charge in [0.15, 0.2) is 0 Å². The predicted octanol–water partition coefficient (Wildman–Crippen LogP) is 3.16. The van der Waals surface area contributed by atoms with E-state index in [1.54, 1.807) is 0 Å². The van der Waals surface area contributed by atoms with Crippen LogP contribution in [0.3, 0.4) is 0 Å². The number of carbonyl (C=O) groups excluding carboxylic acids is 1. The van der Waals surface area contributed by atoms with E-state index in [9.17, 15) is 4.79 Å². The van der Waals surface area contributed by atoms with Crippen LogP contribution >= 0.6 is 0 Å². The quantitative estimate of drug-likeness (QED) is 0.873. The number of hydrogen-bond donors (Lipinski definition) is 1. The van der Waals surface area contributed by atoms with Gasteiger partial charge in [0.25, 0.3) is 0 Å². The molecule has 0 unspecified atom stereocenters. The maximum Gasteiger partial charge on any atom is 0.428 e. The Hall–Kier alpha value is -1.88. The minimum absolute atomic E-state index is 0.500. The summed E-state index contributed by atoms with van der Waals surface area (Å²) in [6, 6.07) is 10.4. The summed E-state index contributed by atoms with van der Waals surface area (Å²) in [7, 11) is 0. The van der Waals surface area contributed by atoms with Crippen molar-refractivity contribution in [2.24, 2.45) is 5.10 Å². The van der Waals surface area contributed by atoms with E-state index in [2.05, 4.69) is 39.7 Å². The smallest absolute Gasteiger partial charge is 0.428 e. The summed E-state index contributed by atoms with van der Waals surface area (Å²) in [4.78, 5) is 14.0. The van der Waals surface area contributed by atoms with Gasteiger partial charge >= 0.3 is 6.09 Å². The highest BCUT2D eigenvalue weighted by Crippen LogP contribution is 2.12. The van der Waals surface area contributed by atoms with Crippen LogP contribution in [0.5, 0.6) is 0 Å². The van der Waals surface area contributed by atoms with Gasteiger partial charge in [0.05, 0.1) is 5.71 Å². The standard InChI is InChI=1S/C17H25N3O2/c1-17(2,3)22-16(21)19-18-15-10-7-11-20(13-15)12-14-8-5-4-6-9-14/h4-6,8-9H,7,10-13H2,1-3H3,(H,19,21). The lowest BCUT2D eigenvalue weighted by Gasteiger charge is -2.27. The molecule has 1 aliphatic heterocycles. The second kappa shape index (κ2) is 7.40. The van der Waals surface area contributed by atoms with Gasteiger partial charge in [0.1, 0.15) is 5.60 Å². The fraction of sp³-hybridized carbons (Fsp3) is 0.529. The lowest BCUT2D eigenvalue weighted by molar-refractivity contribution is 0.0528. The first-order chi connectivity index (χ1) is 10.4. The fourth-order valence-corrected chi connectivity index (χ4v) is 2.42. The van der Waals surface area contributed by atoms with Gasteiger partial charge < -0.3 is 4.74 Å². The molecule has 1 aromatic carbocycles. The number of hydrazone groups is 1. The molecular weight excluding hydrogens is 278 g/mol. The van der Waals surface area contributed by atoms with Crippen molar-refractivity contribution in [1.82, 2.24) is 10.3 Å². The van der Waals surface area contributed by atoms with E-state index in [0.29, 0.717) is 0 Å². The maximum absolute atomic E-state index is 11.6. The molecule has 22 heavy (non-hydrogen) atoms. The zero-order valence-corrected chi connectivity index (χ0v) is 13.6. The van der Waals surface area contributed by atoms with Crippen molar-refractivity contribution in [1.29, 1.82) is 0 Å². The molecule has 0 spiro atoms. The number of likely N-dealkylation sites (tertiary alicyclic amines) is 1. The van der Waals surface area contributed by atoms with Crippen molar-refractivity contribution < 1.29 is 9.53 Å². The molecule has 1 fully saturated rings. The molecule has 5 nitrogen and oxygen atoms in total. The number of piperidine rings is 1. The van der Waals surface area contributed by atoms with E-state index in [1.165, 1.54) is 5.56 Å². The van der Waals surface area contributed by atoms with Gasteiger partial charge in [0, 0.05) is 13.1 Å². The summed E-state index contributed by atoms with van der Waals surface area (Å²) >= 11 is 0. The van der Waals surface area contributed by atoms with Gasteiger partial charge in [-0.25, -0.2) is 10.2 Å². The average Bonchev–Trinajstić information content (AvgIpc) is 2.45. The molecule has 2 rings (SSSR count). The third-order valence-electron chi connectivity index (χ3n) is 3.30. The summed E-state index contributed by atoms with van der Waals surface area (Å²) in [5.74, 6) is 0. The van der Waals surface area contributed by atoms with Gasteiger partial charge in [-0.1, -0.05) is 30.3 Å². The largest absolute Gasteiger partial charge is 0.443 e. The maximum atomic E-state index is 11.6. The zero-order valence-electron chi connectivity index (χ0n) is 13.6. The number of ether oxygens (including phenoxy) is 1. The number of amides is 1. The van der Waals surface area contributed by atoms with Crippen LogP contribution < -0.4 is 5.43 Å². The second-order valence-corrected chi connectivity index (χ2v) is 6.59. The summed E-state index contributed by atoms with van der Waals surface area (Å²) in [5, 5.41) is 4.21. The van der Waals surface area contributed by atoms with Crippen LogP contribution in [-0.2, 0) is 11.3 Å². The van der Waals surface area contributed by atoms with Crippen LogP contribution in [-0.4, -0.2) is 35.4 Å². The molecule has 1 N–H and O–H groups in total. The topological polar surface area (TPSA) is 53.9 Å². The Balaban J connectivity index is 1.85. The molecule has 1 amide bonds. The van der Waals surface area contributed by atoms with E-state index in [0.717, 1.165) is 38.2 Å². The number of nitrogens with zero attached hydrogens (tertiary/aromatic N) is 2. The predicted molar refractivity (Wildman–Crippen MR) is 87.8 cm³/mol. The fourth-order valence-electron chi connectivity index (χ4n) is 2.42. The van der Waals surface area contributed by atoms with Crippen molar-refractivity contribution in [3.8, 4) is 0 Å². The molecule has 0 radical (unpaired) electrons. The zero-order chi connectivity index (χ0) is 16.0. The van der Waals surface area contributed by atoms with E-state index in [1.807, 2.05) is 26.8 Å². The lowest BCUT2D eigenvalue weighted by Crippen LogP contribution is -2.37. The highest BCUT2D eigenvalue weighted by Gasteiger charge is 2.18. The molecule has 1 heterocycles. The van der Waals surface area contributed by atoms with Crippen molar-refractivity contribution in [2.75, 3.05) is 13.1 Å². The number of benzene rings is 1. The molecule has 0 aliphatic carbocycles. The Morgan fingerprint density at radius 3 is 2.73 bits per heavy atom. The van der Waals surface area contributed by atoms with Crippen LogP contribution in [0.4, 0.5) is 4.79 Å². The number of nitrogens with one attached hydrogen (secondary N) is 1. The molecule has 0 saturated carbocycles. The average molecular weight is 303 g/mol. The van der Waals surface area contributed by atoms with Crippen LogP contribution in [0, 0.1) is 0 Å². The van der Waals surface area contributed by atoms with Gasteiger partial charge in [0.2, 0.25) is 0 Å². The number of hydrogen-bond acceptors (Lipinski definition) is 4. The minimum atomic E-state index is -0.504. The molecule has 0 bridgehead atoms. The monoisotopic (exact) mass is 303 g/mol. The summed E-state index contributed by atoms with van der Waals surface area (Å²) in [6.07, 6.45) is 1.48. The first kappa shape index (κ1) is 16.5. The Bertz CT molecular complexity index is 520. The molecule has 0 atom stereocenters. The van der Waals surface area contributed by atoms with Gasteiger partial charge in [-0.2, -0.15) is 5.10 Å². The Kier molecular flexibility index (Phi) is 5.55. The van der Waals surface area contributed by atoms with Crippen molar-refractivity contribution >= 4 is 11.8 Å². The minimum Gasteiger partial charge on any atom is -0.443 e. The summed E-state index contributed by atoms with van der Waals surface area (Å²) < 4.78 is 5.18. The van der Waals surface area contributed by atoms with E-state index >= 15 is 0 Å². The third-order valence-corrected chi connectivity index (χ3v) is 3.30. The molecule has 1 aliphatic rings. The molecule has 0 aromatic heterocycles. The third kappa shape index (κ3) is 5.85. The highest BCUT2D eigenvalue weighted by molar-refractivity contribution is 5.87. The van der Waals surface area contributed by atoms with Crippen LogP contribution in [0.1, 0.15) is 39.2 Å². The Morgan fingerprint density at radius 2 is 2.05 bits per heavy atom. The van der Waals surface area contributed by atoms with E-state index in [4.69, 9.17) is 4.74 Å². The van der Waals surface area contributed by atoms with Gasteiger partial charge in [-0.3, -0.25) is 4.90 Å². The molecule has 5 heteroatoms.